The second-order valence-electron chi connectivity index (χ2n) is 8.11. The molecule has 0 bridgehead atoms. The van der Waals surface area contributed by atoms with E-state index < -0.39 is 0 Å². The smallest absolute Gasteiger partial charge is 0.229 e. The highest BCUT2D eigenvalue weighted by Crippen LogP contribution is 2.48. The molecule has 5 heteroatoms. The highest BCUT2D eigenvalue weighted by Gasteiger charge is 2.44. The highest BCUT2D eigenvalue weighted by atomic mass is 16.2. The van der Waals surface area contributed by atoms with E-state index in [2.05, 4.69) is 39.9 Å². The van der Waals surface area contributed by atoms with Crippen molar-refractivity contribution in [2.45, 2.75) is 24.7 Å². The van der Waals surface area contributed by atoms with Crippen LogP contribution in [0.1, 0.15) is 35.8 Å². The van der Waals surface area contributed by atoms with E-state index in [-0.39, 0.29) is 35.5 Å². The molecule has 4 unspecified atom stereocenters. The maximum absolute atomic E-state index is 12.6. The van der Waals surface area contributed by atoms with Gasteiger partial charge in [-0.3, -0.25) is 9.59 Å². The number of hydrogen-bond acceptors (Lipinski definition) is 3. The van der Waals surface area contributed by atoms with Crippen molar-refractivity contribution in [3.63, 3.8) is 0 Å². The fourth-order valence-corrected chi connectivity index (χ4v) is 4.12. The summed E-state index contributed by atoms with van der Waals surface area (Å²) in [6, 6.07) is 25.5. The van der Waals surface area contributed by atoms with Crippen molar-refractivity contribution in [1.82, 2.24) is 4.98 Å². The minimum Gasteiger partial charge on any atom is -0.310 e. The van der Waals surface area contributed by atoms with E-state index in [0.717, 1.165) is 12.8 Å². The summed E-state index contributed by atoms with van der Waals surface area (Å²) in [5.74, 6) is 1.39. The molecule has 0 aliphatic heterocycles. The lowest BCUT2D eigenvalue weighted by atomic mass is 10.1. The number of nitrogens with zero attached hydrogens (tertiary/aromatic N) is 1. The van der Waals surface area contributed by atoms with Gasteiger partial charge >= 0.3 is 0 Å². The Balaban J connectivity index is 1.17. The van der Waals surface area contributed by atoms with Gasteiger partial charge in [0.15, 0.2) is 0 Å². The summed E-state index contributed by atoms with van der Waals surface area (Å²) in [5, 5.41) is 5.79. The Morgan fingerprint density at radius 3 is 1.50 bits per heavy atom. The number of carbonyl (C=O) groups excluding carboxylic acids is 2. The van der Waals surface area contributed by atoms with Gasteiger partial charge < -0.3 is 10.6 Å². The largest absolute Gasteiger partial charge is 0.310 e. The number of aromatic nitrogens is 1. The minimum atomic E-state index is -0.0226. The van der Waals surface area contributed by atoms with Gasteiger partial charge in [0.2, 0.25) is 11.8 Å². The first-order valence-electron chi connectivity index (χ1n) is 10.4. The summed E-state index contributed by atoms with van der Waals surface area (Å²) in [6.45, 7) is 0. The number of carbonyl (C=O) groups is 2. The molecule has 0 radical (unpaired) electrons. The standard InChI is InChI=1S/C25H23N3O2/c29-24(20-14-18(20)16-8-3-1-4-9-16)27-22-12-7-13-23(26-22)28-25(30)21-15-19(21)17-10-5-2-6-11-17/h1-13,18-21H,14-15H2,(H2,26,27,28,29,30). The summed E-state index contributed by atoms with van der Waals surface area (Å²) in [7, 11) is 0. The normalized spacial score (nSPS) is 24.0. The van der Waals surface area contributed by atoms with Gasteiger partial charge in [-0.1, -0.05) is 66.7 Å². The molecular formula is C25H23N3O2. The van der Waals surface area contributed by atoms with Crippen molar-refractivity contribution in [3.8, 4) is 0 Å². The third kappa shape index (κ3) is 3.96. The lowest BCUT2D eigenvalue weighted by Crippen LogP contribution is -2.18. The molecule has 0 spiro atoms. The molecule has 2 aliphatic rings. The minimum absolute atomic E-state index is 0.0221. The first kappa shape index (κ1) is 18.6. The molecule has 2 aliphatic carbocycles. The number of benzene rings is 2. The van der Waals surface area contributed by atoms with Crippen molar-refractivity contribution in [1.29, 1.82) is 0 Å². The zero-order valence-corrected chi connectivity index (χ0v) is 16.5. The van der Waals surface area contributed by atoms with Gasteiger partial charge in [0.05, 0.1) is 0 Å². The van der Waals surface area contributed by atoms with E-state index in [4.69, 9.17) is 0 Å². The van der Waals surface area contributed by atoms with Crippen LogP contribution in [0.2, 0.25) is 0 Å². The molecule has 30 heavy (non-hydrogen) atoms. The number of rotatable bonds is 6. The van der Waals surface area contributed by atoms with E-state index in [1.54, 1.807) is 18.2 Å². The molecule has 2 fully saturated rings. The average molecular weight is 397 g/mol. The fraction of sp³-hybridized carbons (Fsp3) is 0.240. The zero-order valence-electron chi connectivity index (χ0n) is 16.5. The van der Waals surface area contributed by atoms with Crippen LogP contribution in [0.25, 0.3) is 0 Å². The predicted octanol–water partition coefficient (Wildman–Crippen LogP) is 4.57. The van der Waals surface area contributed by atoms with Gasteiger partial charge in [-0.05, 0) is 47.9 Å². The van der Waals surface area contributed by atoms with Crippen molar-refractivity contribution in [3.05, 3.63) is 90.0 Å². The Kier molecular flexibility index (Phi) is 4.79. The maximum Gasteiger partial charge on any atom is 0.229 e. The first-order valence-corrected chi connectivity index (χ1v) is 10.4. The molecule has 5 nitrogen and oxygen atoms in total. The Labute approximate surface area is 175 Å². The Morgan fingerprint density at radius 1 is 0.633 bits per heavy atom. The molecule has 150 valence electrons. The third-order valence-corrected chi connectivity index (χ3v) is 5.96. The monoisotopic (exact) mass is 397 g/mol. The molecule has 4 atom stereocenters. The molecular weight excluding hydrogens is 374 g/mol. The van der Waals surface area contributed by atoms with Crippen molar-refractivity contribution in [2.75, 3.05) is 10.6 Å². The maximum atomic E-state index is 12.6. The van der Waals surface area contributed by atoms with Crippen LogP contribution in [0.3, 0.4) is 0 Å². The van der Waals surface area contributed by atoms with Crippen molar-refractivity contribution in [2.24, 2.45) is 11.8 Å². The number of pyridine rings is 1. The van der Waals surface area contributed by atoms with Crippen LogP contribution < -0.4 is 10.6 Å². The zero-order chi connectivity index (χ0) is 20.5. The number of anilines is 2. The van der Waals surface area contributed by atoms with Crippen molar-refractivity contribution >= 4 is 23.5 Å². The van der Waals surface area contributed by atoms with Crippen LogP contribution in [-0.2, 0) is 9.59 Å². The van der Waals surface area contributed by atoms with Crippen LogP contribution in [0.4, 0.5) is 11.6 Å². The van der Waals surface area contributed by atoms with Gasteiger partial charge in [0.25, 0.3) is 0 Å². The van der Waals surface area contributed by atoms with Crippen LogP contribution in [-0.4, -0.2) is 16.8 Å². The molecule has 2 aromatic carbocycles. The van der Waals surface area contributed by atoms with E-state index in [1.165, 1.54) is 11.1 Å². The Bertz CT molecular complexity index is 985. The van der Waals surface area contributed by atoms with Crippen LogP contribution in [0, 0.1) is 11.8 Å². The van der Waals surface area contributed by atoms with E-state index in [1.807, 2.05) is 36.4 Å². The second kappa shape index (κ2) is 7.75. The third-order valence-electron chi connectivity index (χ3n) is 5.96. The molecule has 1 aromatic heterocycles. The molecule has 5 rings (SSSR count). The summed E-state index contributed by atoms with van der Waals surface area (Å²) < 4.78 is 0. The topological polar surface area (TPSA) is 71.1 Å². The van der Waals surface area contributed by atoms with E-state index >= 15 is 0 Å². The van der Waals surface area contributed by atoms with Crippen LogP contribution >= 0.6 is 0 Å². The van der Waals surface area contributed by atoms with Gasteiger partial charge in [-0.2, -0.15) is 0 Å². The fourth-order valence-electron chi connectivity index (χ4n) is 4.12. The predicted molar refractivity (Wildman–Crippen MR) is 116 cm³/mol. The summed E-state index contributed by atoms with van der Waals surface area (Å²) >= 11 is 0. The van der Waals surface area contributed by atoms with Crippen molar-refractivity contribution < 1.29 is 9.59 Å². The molecule has 2 N–H and O–H groups in total. The van der Waals surface area contributed by atoms with Gasteiger partial charge in [-0.25, -0.2) is 4.98 Å². The van der Waals surface area contributed by atoms with Gasteiger partial charge in [-0.15, -0.1) is 0 Å². The molecule has 1 heterocycles. The SMILES string of the molecule is O=C(Nc1cccc(NC(=O)C2CC2c2ccccc2)n1)C1CC1c1ccccc1. The highest BCUT2D eigenvalue weighted by molar-refractivity contribution is 5.96. The molecule has 0 saturated heterocycles. The Morgan fingerprint density at radius 2 is 1.07 bits per heavy atom. The van der Waals surface area contributed by atoms with E-state index in [0.29, 0.717) is 11.6 Å². The number of amides is 2. The molecule has 2 saturated carbocycles. The van der Waals surface area contributed by atoms with Gasteiger partial charge in [0.1, 0.15) is 11.6 Å². The lowest BCUT2D eigenvalue weighted by molar-refractivity contribution is -0.118. The first-order chi connectivity index (χ1) is 14.7. The quantitative estimate of drug-likeness (QED) is 0.640. The summed E-state index contributed by atoms with van der Waals surface area (Å²) in [6.07, 6.45) is 1.71. The van der Waals surface area contributed by atoms with Crippen LogP contribution in [0.5, 0.6) is 0 Å². The summed E-state index contributed by atoms with van der Waals surface area (Å²) in [4.78, 5) is 29.5. The van der Waals surface area contributed by atoms with E-state index in [9.17, 15) is 9.59 Å². The van der Waals surface area contributed by atoms with Gasteiger partial charge in [0, 0.05) is 11.8 Å². The van der Waals surface area contributed by atoms with Crippen LogP contribution in [0.15, 0.2) is 78.9 Å². The summed E-state index contributed by atoms with van der Waals surface area (Å²) in [5.41, 5.74) is 2.40. The second-order valence-corrected chi connectivity index (χ2v) is 8.11. The molecule has 3 aromatic rings. The average Bonchev–Trinajstić information content (AvgIpc) is 3.69. The number of hydrogen-bond donors (Lipinski definition) is 2. The lowest BCUT2D eigenvalue weighted by Gasteiger charge is -2.08. The Hall–Kier alpha value is -3.47. The molecule has 2 amide bonds. The number of nitrogens with one attached hydrogen (secondary N) is 2.